The van der Waals surface area contributed by atoms with Crippen molar-refractivity contribution in [1.82, 2.24) is 14.8 Å². The van der Waals surface area contributed by atoms with Crippen molar-refractivity contribution in [3.05, 3.63) is 61.1 Å². The number of amides is 1. The van der Waals surface area contributed by atoms with E-state index >= 15 is 0 Å². The van der Waals surface area contributed by atoms with Crippen LogP contribution < -0.4 is 16.2 Å². The summed E-state index contributed by atoms with van der Waals surface area (Å²) in [4.78, 5) is 28.9. The van der Waals surface area contributed by atoms with Crippen LogP contribution in [0.15, 0.2) is 35.3 Å². The van der Waals surface area contributed by atoms with Crippen LogP contribution in [0.4, 0.5) is 14.5 Å². The van der Waals surface area contributed by atoms with E-state index in [1.54, 1.807) is 29.0 Å². The van der Waals surface area contributed by atoms with E-state index in [9.17, 15) is 18.4 Å². The number of anilines is 1. The molecule has 194 valence electrons. The first-order chi connectivity index (χ1) is 17.0. The lowest BCUT2D eigenvalue weighted by Crippen LogP contribution is -2.31. The number of nitrogens with one attached hydrogen (secondary N) is 2. The molecule has 2 aromatic rings. The van der Waals surface area contributed by atoms with E-state index < -0.39 is 6.43 Å². The molecule has 1 aromatic heterocycles. The normalized spacial score (nSPS) is 27.0. The van der Waals surface area contributed by atoms with E-state index in [1.165, 1.54) is 6.07 Å². The minimum atomic E-state index is -2.57. The Hall–Kier alpha value is -2.01. The summed E-state index contributed by atoms with van der Waals surface area (Å²) in [6.07, 6.45) is 0.154. The number of benzene rings is 1. The van der Waals surface area contributed by atoms with E-state index in [1.807, 2.05) is 29.5 Å². The lowest BCUT2D eigenvalue weighted by molar-refractivity contribution is 0.0950. The molecule has 1 unspecified atom stereocenters. The maximum atomic E-state index is 13.4. The Balaban J connectivity index is 1.40. The number of hydrogen-bond acceptors (Lipinski definition) is 4. The molecule has 0 spiro atoms. The summed E-state index contributed by atoms with van der Waals surface area (Å²) in [7, 11) is 2.11. The number of carbonyl (C=O) groups excluding carboxylic acids is 1. The Morgan fingerprint density at radius 1 is 1.25 bits per heavy atom. The third-order valence-electron chi connectivity index (χ3n) is 8.42. The van der Waals surface area contributed by atoms with Gasteiger partial charge in [0.15, 0.2) is 0 Å². The number of carbonyl (C=O) groups is 1. The summed E-state index contributed by atoms with van der Waals surface area (Å²) in [5.74, 6) is 1.10. The second kappa shape index (κ2) is 9.38. The van der Waals surface area contributed by atoms with Gasteiger partial charge in [0.2, 0.25) is 0 Å². The highest BCUT2D eigenvalue weighted by Gasteiger charge is 2.55. The number of piperidine rings is 1. The molecule has 2 aliphatic carbocycles. The van der Waals surface area contributed by atoms with E-state index in [2.05, 4.69) is 36.4 Å². The molecule has 5 atom stereocenters. The number of fused-ring (bicyclic) bond motifs is 1. The molecule has 5 rings (SSSR count). The van der Waals surface area contributed by atoms with Crippen molar-refractivity contribution in [2.45, 2.75) is 52.2 Å². The number of aromatic nitrogens is 1. The molecule has 1 saturated heterocycles. The van der Waals surface area contributed by atoms with Gasteiger partial charge in [-0.2, -0.15) is 0 Å². The second-order valence-corrected chi connectivity index (χ2v) is 12.5. The first-order valence-electron chi connectivity index (χ1n) is 12.5. The lowest BCUT2D eigenvalue weighted by Gasteiger charge is -2.21. The molecule has 3 aliphatic rings. The third kappa shape index (κ3) is 4.80. The Kier molecular flexibility index (Phi) is 6.68. The second-order valence-electron chi connectivity index (χ2n) is 11.4. The minimum Gasteiger partial charge on any atom is -0.381 e. The highest BCUT2D eigenvalue weighted by atomic mass is 127. The first-order valence-corrected chi connectivity index (χ1v) is 13.6. The topological polar surface area (TPSA) is 66.4 Å². The van der Waals surface area contributed by atoms with Crippen molar-refractivity contribution in [3.8, 4) is 0 Å². The minimum absolute atomic E-state index is 0.0225. The SMILES string of the molecule is C[C@@H]([C@H]1CC1(C)C)n1cc(C(=O)NCc2cccc(C(F)F)c2I)c(N[C@@H]2C3CN(C)C[C@H]32)cc1=O. The summed E-state index contributed by atoms with van der Waals surface area (Å²) in [6.45, 7) is 8.57. The van der Waals surface area contributed by atoms with Crippen molar-refractivity contribution >= 4 is 34.2 Å². The summed E-state index contributed by atoms with van der Waals surface area (Å²) in [6, 6.07) is 6.52. The van der Waals surface area contributed by atoms with Crippen molar-refractivity contribution in [2.24, 2.45) is 23.2 Å². The fraction of sp³-hybridized carbons (Fsp3) is 0.556. The Labute approximate surface area is 224 Å². The zero-order valence-corrected chi connectivity index (χ0v) is 23.2. The molecule has 0 bridgehead atoms. The van der Waals surface area contributed by atoms with Crippen LogP contribution in [0.5, 0.6) is 0 Å². The van der Waals surface area contributed by atoms with Gasteiger partial charge in [-0.15, -0.1) is 0 Å². The highest BCUT2D eigenvalue weighted by Crippen LogP contribution is 2.57. The fourth-order valence-electron chi connectivity index (χ4n) is 6.00. The molecule has 2 saturated carbocycles. The van der Waals surface area contributed by atoms with Crippen molar-refractivity contribution in [2.75, 3.05) is 25.5 Å². The van der Waals surface area contributed by atoms with Crippen LogP contribution in [0.1, 0.15) is 61.1 Å². The lowest BCUT2D eigenvalue weighted by atomic mass is 10.0. The van der Waals surface area contributed by atoms with Gasteiger partial charge in [-0.25, -0.2) is 8.78 Å². The number of hydrogen-bond donors (Lipinski definition) is 2. The molecule has 0 radical (unpaired) electrons. The molecular formula is C27H33F2IN4O2. The predicted molar refractivity (Wildman–Crippen MR) is 144 cm³/mol. The largest absolute Gasteiger partial charge is 0.381 e. The van der Waals surface area contributed by atoms with Gasteiger partial charge in [0.1, 0.15) is 0 Å². The van der Waals surface area contributed by atoms with Crippen LogP contribution in [0.2, 0.25) is 0 Å². The first kappa shape index (κ1) is 25.6. The molecule has 3 fully saturated rings. The molecule has 6 nitrogen and oxygen atoms in total. The third-order valence-corrected chi connectivity index (χ3v) is 9.73. The summed E-state index contributed by atoms with van der Waals surface area (Å²) in [5.41, 5.74) is 1.63. The Bertz CT molecular complexity index is 1230. The summed E-state index contributed by atoms with van der Waals surface area (Å²) >= 11 is 1.91. The van der Waals surface area contributed by atoms with Crippen LogP contribution in [-0.4, -0.2) is 41.6 Å². The van der Waals surface area contributed by atoms with Crippen LogP contribution in [-0.2, 0) is 6.54 Å². The fourth-order valence-corrected chi connectivity index (χ4v) is 6.78. The number of halogens is 3. The average Bonchev–Trinajstić information content (AvgIpc) is 3.59. The van der Waals surface area contributed by atoms with Gasteiger partial charge in [-0.3, -0.25) is 9.59 Å². The number of pyridine rings is 1. The molecule has 2 N–H and O–H groups in total. The van der Waals surface area contributed by atoms with Gasteiger partial charge >= 0.3 is 0 Å². The van der Waals surface area contributed by atoms with Crippen molar-refractivity contribution in [1.29, 1.82) is 0 Å². The number of rotatable bonds is 8. The quantitative estimate of drug-likeness (QED) is 0.418. The smallest absolute Gasteiger partial charge is 0.264 e. The van der Waals surface area contributed by atoms with Gasteiger partial charge in [0.25, 0.3) is 17.9 Å². The van der Waals surface area contributed by atoms with E-state index in [0.29, 0.717) is 38.1 Å². The van der Waals surface area contributed by atoms with Gasteiger partial charge in [0.05, 0.1) is 11.3 Å². The summed E-state index contributed by atoms with van der Waals surface area (Å²) in [5, 5.41) is 6.40. The van der Waals surface area contributed by atoms with Gasteiger partial charge in [0, 0.05) is 53.1 Å². The van der Waals surface area contributed by atoms with Crippen molar-refractivity contribution < 1.29 is 13.6 Å². The van der Waals surface area contributed by atoms with Crippen LogP contribution in [0.3, 0.4) is 0 Å². The zero-order chi connectivity index (χ0) is 25.9. The monoisotopic (exact) mass is 610 g/mol. The number of nitrogens with zero attached hydrogens (tertiary/aromatic N) is 2. The van der Waals surface area contributed by atoms with Gasteiger partial charge in [-0.05, 0) is 71.7 Å². The average molecular weight is 610 g/mol. The predicted octanol–water partition coefficient (Wildman–Crippen LogP) is 4.90. The standard InChI is InChI=1S/C27H33F2IN4O2/c1-14(20-9-27(20,2)3)34-13-19(21(8-22(34)35)32-24-17-11-33(4)12-18(17)24)26(36)31-10-15-6-5-7-16(23(15)30)25(28)29/h5-8,13-14,17-18,20,24-25,32H,9-12H2,1-4H3,(H,31,36)/t14-,17+,18?,20+,24-/m0/s1. The van der Waals surface area contributed by atoms with Gasteiger partial charge in [-0.1, -0.05) is 32.0 Å². The number of likely N-dealkylation sites (tertiary alicyclic amines) is 1. The van der Waals surface area contributed by atoms with Crippen LogP contribution in [0.25, 0.3) is 0 Å². The molecule has 1 amide bonds. The van der Waals surface area contributed by atoms with Crippen molar-refractivity contribution in [3.63, 3.8) is 0 Å². The van der Waals surface area contributed by atoms with E-state index in [-0.39, 0.29) is 41.1 Å². The number of alkyl halides is 2. The van der Waals surface area contributed by atoms with Crippen LogP contribution >= 0.6 is 22.6 Å². The van der Waals surface area contributed by atoms with E-state index in [0.717, 1.165) is 19.5 Å². The molecule has 2 heterocycles. The highest BCUT2D eigenvalue weighted by molar-refractivity contribution is 14.1. The molecule has 9 heteroatoms. The molecular weight excluding hydrogens is 577 g/mol. The maximum absolute atomic E-state index is 13.4. The summed E-state index contributed by atoms with van der Waals surface area (Å²) < 4.78 is 28.8. The van der Waals surface area contributed by atoms with E-state index in [4.69, 9.17) is 0 Å². The Morgan fingerprint density at radius 3 is 2.53 bits per heavy atom. The van der Waals surface area contributed by atoms with Crippen LogP contribution in [0, 0.1) is 26.7 Å². The maximum Gasteiger partial charge on any atom is 0.264 e. The van der Waals surface area contributed by atoms with Gasteiger partial charge < -0.3 is 20.1 Å². The Morgan fingerprint density at radius 2 is 1.92 bits per heavy atom. The zero-order valence-electron chi connectivity index (χ0n) is 21.0. The molecule has 36 heavy (non-hydrogen) atoms. The molecule has 1 aliphatic heterocycles. The molecule has 1 aromatic carbocycles.